The van der Waals surface area contributed by atoms with Crippen LogP contribution in [0, 0.1) is 0 Å². The van der Waals surface area contributed by atoms with E-state index in [-0.39, 0.29) is 12.2 Å². The fraction of sp³-hybridized carbons (Fsp3) is 0.143. The molecule has 3 rings (SSSR count). The fourth-order valence-corrected chi connectivity index (χ4v) is 3.08. The summed E-state index contributed by atoms with van der Waals surface area (Å²) in [5.74, 6) is -0.880. The summed E-state index contributed by atoms with van der Waals surface area (Å²) < 4.78 is 0. The summed E-state index contributed by atoms with van der Waals surface area (Å²) in [6.45, 7) is 0. The van der Waals surface area contributed by atoms with Crippen molar-refractivity contribution >= 4 is 40.3 Å². The van der Waals surface area contributed by atoms with Gasteiger partial charge in [0, 0.05) is 27.2 Å². The van der Waals surface area contributed by atoms with Crippen LogP contribution in [0.3, 0.4) is 0 Å². The van der Waals surface area contributed by atoms with Crippen molar-refractivity contribution in [2.45, 2.75) is 12.0 Å². The number of anilines is 1. The number of nitrogens with one attached hydrogen (secondary N) is 1. The number of carbonyl (C=O) groups is 2. The largest absolute Gasteiger partial charge is 0.375 e. The van der Waals surface area contributed by atoms with Gasteiger partial charge in [0.05, 0.1) is 6.42 Å². The van der Waals surface area contributed by atoms with Crippen LogP contribution in [0.15, 0.2) is 35.0 Å². The molecule has 1 unspecified atom stereocenters. The van der Waals surface area contributed by atoms with Gasteiger partial charge in [-0.3, -0.25) is 9.59 Å². The second-order valence-electron chi connectivity index (χ2n) is 4.62. The Labute approximate surface area is 124 Å². The number of amides is 1. The Bertz CT molecular complexity index is 698. The van der Waals surface area contributed by atoms with Gasteiger partial charge in [0.2, 0.25) is 0 Å². The van der Waals surface area contributed by atoms with Crippen molar-refractivity contribution in [2.24, 2.45) is 0 Å². The van der Waals surface area contributed by atoms with Crippen LogP contribution in [-0.4, -0.2) is 16.8 Å². The van der Waals surface area contributed by atoms with E-state index in [9.17, 15) is 14.7 Å². The third kappa shape index (κ3) is 2.04. The van der Waals surface area contributed by atoms with Crippen LogP contribution in [0.5, 0.6) is 0 Å². The highest BCUT2D eigenvalue weighted by Crippen LogP contribution is 2.40. The highest BCUT2D eigenvalue weighted by molar-refractivity contribution is 7.08. The first-order valence-corrected chi connectivity index (χ1v) is 7.22. The maximum absolute atomic E-state index is 12.1. The molecule has 0 bridgehead atoms. The summed E-state index contributed by atoms with van der Waals surface area (Å²) in [5.41, 5.74) is -0.537. The van der Waals surface area contributed by atoms with E-state index >= 15 is 0 Å². The zero-order chi connectivity index (χ0) is 14.3. The molecule has 2 N–H and O–H groups in total. The molecule has 0 aliphatic carbocycles. The van der Waals surface area contributed by atoms with E-state index in [4.69, 9.17) is 11.6 Å². The summed E-state index contributed by atoms with van der Waals surface area (Å²) in [6, 6.07) is 6.41. The smallest absolute Gasteiger partial charge is 0.261 e. The van der Waals surface area contributed by atoms with E-state index in [2.05, 4.69) is 5.32 Å². The molecule has 1 aromatic heterocycles. The van der Waals surface area contributed by atoms with E-state index in [0.717, 1.165) is 0 Å². The minimum atomic E-state index is -1.86. The lowest BCUT2D eigenvalue weighted by atomic mass is 9.88. The zero-order valence-corrected chi connectivity index (χ0v) is 11.8. The monoisotopic (exact) mass is 307 g/mol. The number of Topliss-reactive ketones (excluding diaryl/α,β-unsaturated/α-hetero) is 1. The van der Waals surface area contributed by atoms with Crippen LogP contribution in [0.2, 0.25) is 5.02 Å². The number of fused-ring (bicyclic) bond motifs is 1. The molecule has 1 amide bonds. The van der Waals surface area contributed by atoms with Crippen molar-refractivity contribution in [1.29, 1.82) is 0 Å². The van der Waals surface area contributed by atoms with Gasteiger partial charge in [-0.25, -0.2) is 0 Å². The van der Waals surface area contributed by atoms with Crippen LogP contribution in [0.25, 0.3) is 0 Å². The minimum absolute atomic E-state index is 0.281. The van der Waals surface area contributed by atoms with Gasteiger partial charge in [0.1, 0.15) is 0 Å². The van der Waals surface area contributed by atoms with Gasteiger partial charge < -0.3 is 10.4 Å². The predicted octanol–water partition coefficient (Wildman–Crippen LogP) is 2.81. The Morgan fingerprint density at radius 3 is 2.90 bits per heavy atom. The first-order chi connectivity index (χ1) is 9.50. The van der Waals surface area contributed by atoms with Crippen molar-refractivity contribution in [3.63, 3.8) is 0 Å². The molecule has 0 radical (unpaired) electrons. The fourth-order valence-electron chi connectivity index (χ4n) is 2.25. The van der Waals surface area contributed by atoms with Crippen molar-refractivity contribution in [2.75, 3.05) is 5.32 Å². The molecular formula is C14H10ClNO3S. The summed E-state index contributed by atoms with van der Waals surface area (Å²) >= 11 is 7.29. The quantitative estimate of drug-likeness (QED) is 0.857. The van der Waals surface area contributed by atoms with Gasteiger partial charge in [0.25, 0.3) is 5.91 Å². The maximum Gasteiger partial charge on any atom is 0.261 e. The lowest BCUT2D eigenvalue weighted by Crippen LogP contribution is -2.36. The first-order valence-electron chi connectivity index (χ1n) is 5.90. The molecule has 0 saturated heterocycles. The van der Waals surface area contributed by atoms with Crippen LogP contribution in [0.4, 0.5) is 5.69 Å². The molecule has 20 heavy (non-hydrogen) atoms. The summed E-state index contributed by atoms with van der Waals surface area (Å²) in [4.78, 5) is 24.2. The number of hydrogen-bond donors (Lipinski definition) is 2. The van der Waals surface area contributed by atoms with Gasteiger partial charge >= 0.3 is 0 Å². The van der Waals surface area contributed by atoms with Crippen molar-refractivity contribution in [1.82, 2.24) is 0 Å². The molecule has 1 aromatic carbocycles. The summed E-state index contributed by atoms with van der Waals surface area (Å²) in [6.07, 6.45) is -0.303. The molecule has 0 spiro atoms. The Hall–Kier alpha value is -1.69. The number of carbonyl (C=O) groups excluding carboxylic acids is 2. The highest BCUT2D eigenvalue weighted by Gasteiger charge is 2.46. The highest BCUT2D eigenvalue weighted by atomic mass is 35.5. The van der Waals surface area contributed by atoms with E-state index in [0.29, 0.717) is 21.8 Å². The third-order valence-electron chi connectivity index (χ3n) is 3.31. The van der Waals surface area contributed by atoms with E-state index in [1.807, 2.05) is 0 Å². The van der Waals surface area contributed by atoms with Crippen LogP contribution < -0.4 is 5.32 Å². The van der Waals surface area contributed by atoms with Crippen molar-refractivity contribution in [3.8, 4) is 0 Å². The van der Waals surface area contributed by atoms with Crippen molar-refractivity contribution < 1.29 is 14.7 Å². The molecular weight excluding hydrogens is 298 g/mol. The minimum Gasteiger partial charge on any atom is -0.375 e. The molecule has 1 aliphatic rings. The molecule has 0 saturated carbocycles. The topological polar surface area (TPSA) is 66.4 Å². The maximum atomic E-state index is 12.1. The van der Waals surface area contributed by atoms with E-state index in [1.165, 1.54) is 17.4 Å². The molecule has 1 atom stereocenters. The van der Waals surface area contributed by atoms with Gasteiger partial charge in [-0.15, -0.1) is 0 Å². The average Bonchev–Trinajstić information content (AvgIpc) is 3.00. The lowest BCUT2D eigenvalue weighted by molar-refractivity contribution is -0.133. The van der Waals surface area contributed by atoms with E-state index < -0.39 is 11.5 Å². The van der Waals surface area contributed by atoms with Crippen LogP contribution >= 0.6 is 22.9 Å². The first kappa shape index (κ1) is 13.3. The second kappa shape index (κ2) is 4.70. The SMILES string of the molecule is O=C(CC1(O)C(=O)Nc2ccc(Cl)cc21)c1ccsc1. The molecule has 102 valence electrons. The van der Waals surface area contributed by atoms with E-state index in [1.54, 1.807) is 29.0 Å². The molecule has 2 heterocycles. The lowest BCUT2D eigenvalue weighted by Gasteiger charge is -2.19. The number of benzene rings is 1. The Morgan fingerprint density at radius 2 is 2.20 bits per heavy atom. The molecule has 2 aromatic rings. The number of halogens is 1. The third-order valence-corrected chi connectivity index (χ3v) is 4.23. The zero-order valence-electron chi connectivity index (χ0n) is 10.2. The molecule has 1 aliphatic heterocycles. The molecule has 6 heteroatoms. The average molecular weight is 308 g/mol. The number of ketones is 1. The second-order valence-corrected chi connectivity index (χ2v) is 5.83. The summed E-state index contributed by atoms with van der Waals surface area (Å²) in [5, 5.41) is 17.1. The van der Waals surface area contributed by atoms with Crippen molar-refractivity contribution in [3.05, 3.63) is 51.2 Å². The Kier molecular flexibility index (Phi) is 3.12. The molecule has 4 nitrogen and oxygen atoms in total. The van der Waals surface area contributed by atoms with Gasteiger partial charge in [-0.05, 0) is 29.6 Å². The number of aliphatic hydroxyl groups is 1. The van der Waals surface area contributed by atoms with Gasteiger partial charge in [0.15, 0.2) is 11.4 Å². The Balaban J connectivity index is 1.98. The van der Waals surface area contributed by atoms with Gasteiger partial charge in [-0.2, -0.15) is 11.3 Å². The van der Waals surface area contributed by atoms with Crippen LogP contribution in [-0.2, 0) is 10.4 Å². The van der Waals surface area contributed by atoms with Crippen LogP contribution in [0.1, 0.15) is 22.3 Å². The van der Waals surface area contributed by atoms with Gasteiger partial charge in [-0.1, -0.05) is 11.6 Å². The number of hydrogen-bond acceptors (Lipinski definition) is 4. The predicted molar refractivity (Wildman–Crippen MR) is 77.2 cm³/mol. The number of thiophene rings is 1. The normalized spacial score (nSPS) is 20.6. The standard InChI is InChI=1S/C14H10ClNO3S/c15-9-1-2-11-10(5-9)14(19,13(18)16-11)6-12(17)8-3-4-20-7-8/h1-5,7,19H,6H2,(H,16,18). The summed E-state index contributed by atoms with van der Waals surface area (Å²) in [7, 11) is 0. The molecule has 0 fully saturated rings. The number of rotatable bonds is 3. The Morgan fingerprint density at radius 1 is 1.40 bits per heavy atom.